The number of aromatic nitrogens is 1. The number of amides is 1. The van der Waals surface area contributed by atoms with Crippen LogP contribution in [0.2, 0.25) is 0 Å². The number of carbonyl (C=O) groups is 1. The number of fused-ring (bicyclic) bond motifs is 1. The highest BCUT2D eigenvalue weighted by molar-refractivity contribution is 5.93. The zero-order valence-electron chi connectivity index (χ0n) is 12.1. The Morgan fingerprint density at radius 1 is 1.48 bits per heavy atom. The Hall–Kier alpha value is -2.01. The van der Waals surface area contributed by atoms with Crippen LogP contribution in [0.4, 0.5) is 0 Å². The molecule has 1 aliphatic carbocycles. The number of rotatable bonds is 5. The largest absolute Gasteiger partial charge is 0.496 e. The highest BCUT2D eigenvalue weighted by atomic mass is 16.5. The summed E-state index contributed by atoms with van der Waals surface area (Å²) in [6.45, 7) is 0.339. The molecule has 1 saturated carbocycles. The molecule has 1 aliphatic rings. The molecule has 1 aromatic carbocycles. The molecule has 1 heterocycles. The Kier molecular flexibility index (Phi) is 3.59. The lowest BCUT2D eigenvalue weighted by Crippen LogP contribution is -2.48. The fraction of sp³-hybridized carbons (Fsp3) is 0.438. The number of methoxy groups -OCH3 is 1. The number of hydrogen-bond acceptors (Lipinski definition) is 3. The summed E-state index contributed by atoms with van der Waals surface area (Å²) in [6, 6.07) is 5.75. The van der Waals surface area contributed by atoms with Crippen LogP contribution in [-0.2, 0) is 11.2 Å². The standard InChI is InChI=1S/C16H20N2O3/c1-21-13-5-2-4-12-15(13)11(9-17-12)8-14(19)18-10-16(20)6-3-7-16/h2,4-5,9,17,20H,3,6-8,10H2,1H3,(H,18,19). The van der Waals surface area contributed by atoms with Crippen molar-refractivity contribution in [1.82, 2.24) is 10.3 Å². The van der Waals surface area contributed by atoms with Crippen molar-refractivity contribution in [2.45, 2.75) is 31.3 Å². The van der Waals surface area contributed by atoms with E-state index >= 15 is 0 Å². The molecule has 5 heteroatoms. The molecule has 1 fully saturated rings. The van der Waals surface area contributed by atoms with E-state index < -0.39 is 5.60 Å². The lowest BCUT2D eigenvalue weighted by Gasteiger charge is -2.36. The van der Waals surface area contributed by atoms with E-state index in [9.17, 15) is 9.90 Å². The third kappa shape index (κ3) is 2.74. The Balaban J connectivity index is 1.71. The maximum Gasteiger partial charge on any atom is 0.224 e. The van der Waals surface area contributed by atoms with Crippen molar-refractivity contribution in [3.63, 3.8) is 0 Å². The molecule has 2 aromatic rings. The summed E-state index contributed by atoms with van der Waals surface area (Å²) in [4.78, 5) is 15.2. The van der Waals surface area contributed by atoms with E-state index in [4.69, 9.17) is 4.74 Å². The van der Waals surface area contributed by atoms with Crippen molar-refractivity contribution in [2.24, 2.45) is 0 Å². The molecule has 112 valence electrons. The maximum atomic E-state index is 12.1. The second-order valence-electron chi connectivity index (χ2n) is 5.73. The van der Waals surface area contributed by atoms with Crippen LogP contribution in [0.1, 0.15) is 24.8 Å². The molecule has 1 amide bonds. The number of carbonyl (C=O) groups excluding carboxylic acids is 1. The van der Waals surface area contributed by atoms with Crippen molar-refractivity contribution in [1.29, 1.82) is 0 Å². The van der Waals surface area contributed by atoms with Gasteiger partial charge in [-0.15, -0.1) is 0 Å². The van der Waals surface area contributed by atoms with Crippen molar-refractivity contribution in [3.8, 4) is 5.75 Å². The number of nitrogens with one attached hydrogen (secondary N) is 2. The minimum atomic E-state index is -0.687. The molecular weight excluding hydrogens is 268 g/mol. The van der Waals surface area contributed by atoms with Gasteiger partial charge < -0.3 is 20.1 Å². The number of benzene rings is 1. The minimum absolute atomic E-state index is 0.0814. The molecule has 21 heavy (non-hydrogen) atoms. The quantitative estimate of drug-likeness (QED) is 0.784. The average molecular weight is 288 g/mol. The third-order valence-electron chi connectivity index (χ3n) is 4.22. The van der Waals surface area contributed by atoms with Gasteiger partial charge in [-0.1, -0.05) is 6.07 Å². The fourth-order valence-electron chi connectivity index (χ4n) is 2.79. The van der Waals surface area contributed by atoms with Crippen LogP contribution in [0.15, 0.2) is 24.4 Å². The van der Waals surface area contributed by atoms with Crippen LogP contribution in [0.25, 0.3) is 10.9 Å². The maximum absolute atomic E-state index is 12.1. The lowest BCUT2D eigenvalue weighted by molar-refractivity contribution is -0.122. The topological polar surface area (TPSA) is 74.4 Å². The fourth-order valence-corrected chi connectivity index (χ4v) is 2.79. The van der Waals surface area contributed by atoms with Gasteiger partial charge >= 0.3 is 0 Å². The molecule has 0 atom stereocenters. The van der Waals surface area contributed by atoms with Crippen LogP contribution < -0.4 is 10.1 Å². The average Bonchev–Trinajstić information content (AvgIpc) is 2.86. The zero-order valence-corrected chi connectivity index (χ0v) is 12.1. The normalized spacial score (nSPS) is 16.5. The molecule has 0 unspecified atom stereocenters. The molecule has 3 N–H and O–H groups in total. The Morgan fingerprint density at radius 2 is 2.29 bits per heavy atom. The first-order chi connectivity index (χ1) is 10.1. The predicted molar refractivity (Wildman–Crippen MR) is 80.4 cm³/mol. The Bertz CT molecular complexity index is 659. The zero-order chi connectivity index (χ0) is 14.9. The van der Waals surface area contributed by atoms with E-state index in [2.05, 4.69) is 10.3 Å². The van der Waals surface area contributed by atoms with Gasteiger partial charge in [-0.3, -0.25) is 4.79 Å². The Morgan fingerprint density at radius 3 is 2.95 bits per heavy atom. The SMILES string of the molecule is COc1cccc2[nH]cc(CC(=O)NCC3(O)CCC3)c12. The van der Waals surface area contributed by atoms with Gasteiger partial charge in [0.25, 0.3) is 0 Å². The first kappa shape index (κ1) is 13.9. The van der Waals surface area contributed by atoms with E-state index in [1.807, 2.05) is 24.4 Å². The minimum Gasteiger partial charge on any atom is -0.496 e. The molecule has 5 nitrogen and oxygen atoms in total. The van der Waals surface area contributed by atoms with E-state index in [1.54, 1.807) is 7.11 Å². The lowest BCUT2D eigenvalue weighted by atomic mass is 9.80. The van der Waals surface area contributed by atoms with Crippen LogP contribution >= 0.6 is 0 Å². The number of aliphatic hydroxyl groups is 1. The second kappa shape index (κ2) is 5.41. The van der Waals surface area contributed by atoms with Gasteiger partial charge in [-0.25, -0.2) is 0 Å². The van der Waals surface area contributed by atoms with Crippen LogP contribution in [0.3, 0.4) is 0 Å². The number of hydrogen-bond donors (Lipinski definition) is 3. The summed E-state index contributed by atoms with van der Waals surface area (Å²) in [5.41, 5.74) is 1.17. The number of H-pyrrole nitrogens is 1. The summed E-state index contributed by atoms with van der Waals surface area (Å²) < 4.78 is 5.36. The highest BCUT2D eigenvalue weighted by Crippen LogP contribution is 2.31. The van der Waals surface area contributed by atoms with Gasteiger partial charge in [0.05, 0.1) is 19.1 Å². The summed E-state index contributed by atoms with van der Waals surface area (Å²) >= 11 is 0. The predicted octanol–water partition coefficient (Wildman–Crippen LogP) is 1.75. The van der Waals surface area contributed by atoms with Gasteiger partial charge in [0.2, 0.25) is 5.91 Å². The molecule has 3 rings (SSSR count). The molecule has 1 aromatic heterocycles. The third-order valence-corrected chi connectivity index (χ3v) is 4.22. The van der Waals surface area contributed by atoms with E-state index in [0.29, 0.717) is 6.54 Å². The number of ether oxygens (including phenoxy) is 1. The van der Waals surface area contributed by atoms with Crippen LogP contribution in [0.5, 0.6) is 5.75 Å². The smallest absolute Gasteiger partial charge is 0.224 e. The van der Waals surface area contributed by atoms with Gasteiger partial charge in [0.1, 0.15) is 5.75 Å². The van der Waals surface area contributed by atoms with Crippen molar-refractivity contribution in [2.75, 3.05) is 13.7 Å². The monoisotopic (exact) mass is 288 g/mol. The summed E-state index contributed by atoms with van der Waals surface area (Å²) in [5.74, 6) is 0.677. The van der Waals surface area contributed by atoms with Crippen molar-refractivity contribution in [3.05, 3.63) is 30.0 Å². The molecule has 0 aliphatic heterocycles. The van der Waals surface area contributed by atoms with E-state index in [1.165, 1.54) is 0 Å². The first-order valence-corrected chi connectivity index (χ1v) is 7.23. The molecule has 0 bridgehead atoms. The number of aromatic amines is 1. The van der Waals surface area contributed by atoms with E-state index in [0.717, 1.165) is 41.5 Å². The van der Waals surface area contributed by atoms with Gasteiger partial charge in [0, 0.05) is 23.6 Å². The van der Waals surface area contributed by atoms with Crippen molar-refractivity contribution < 1.29 is 14.6 Å². The molecular formula is C16H20N2O3. The van der Waals surface area contributed by atoms with Gasteiger partial charge in [-0.05, 0) is 37.0 Å². The van der Waals surface area contributed by atoms with Gasteiger partial charge in [0.15, 0.2) is 0 Å². The summed E-state index contributed by atoms with van der Waals surface area (Å²) in [7, 11) is 1.62. The molecule has 0 radical (unpaired) electrons. The van der Waals surface area contributed by atoms with Crippen LogP contribution in [0, 0.1) is 0 Å². The Labute approximate surface area is 123 Å². The van der Waals surface area contributed by atoms with Gasteiger partial charge in [-0.2, -0.15) is 0 Å². The summed E-state index contributed by atoms with van der Waals surface area (Å²) in [6.07, 6.45) is 4.69. The highest BCUT2D eigenvalue weighted by Gasteiger charge is 2.34. The molecule has 0 spiro atoms. The van der Waals surface area contributed by atoms with Crippen LogP contribution in [-0.4, -0.2) is 35.3 Å². The summed E-state index contributed by atoms with van der Waals surface area (Å²) in [5, 5.41) is 13.8. The van der Waals surface area contributed by atoms with E-state index in [-0.39, 0.29) is 12.3 Å². The second-order valence-corrected chi connectivity index (χ2v) is 5.73. The first-order valence-electron chi connectivity index (χ1n) is 7.23. The molecule has 0 saturated heterocycles. The van der Waals surface area contributed by atoms with Crippen molar-refractivity contribution >= 4 is 16.8 Å².